The summed E-state index contributed by atoms with van der Waals surface area (Å²) in [5, 5.41) is 16.4. The fourth-order valence-electron chi connectivity index (χ4n) is 0.447. The largest absolute Gasteiger partial charge is 0.316 e. The lowest BCUT2D eigenvalue weighted by molar-refractivity contribution is 0.142. The Labute approximate surface area is 48.9 Å². The number of rotatable bonds is 3. The highest BCUT2D eigenvalue weighted by atomic mass is 16.5. The summed E-state index contributed by atoms with van der Waals surface area (Å²) in [6.07, 6.45) is 1.61. The molecule has 0 saturated heterocycles. The average Bonchev–Trinajstić information content (AvgIpc) is 1.83. The molecule has 0 aromatic heterocycles. The van der Waals surface area contributed by atoms with Crippen LogP contribution in [0.25, 0.3) is 0 Å². The van der Waals surface area contributed by atoms with E-state index in [0.717, 1.165) is 6.42 Å². The van der Waals surface area contributed by atoms with Crippen LogP contribution in [0.5, 0.6) is 0 Å². The second-order valence-electron chi connectivity index (χ2n) is 1.60. The molecule has 0 aliphatic carbocycles. The van der Waals surface area contributed by atoms with Gasteiger partial charge in [-0.1, -0.05) is 13.3 Å². The maximum absolute atomic E-state index is 8.18. The number of hydrogen-bond acceptors (Lipinski definition) is 3. The number of nitrogens with zero attached hydrogens (tertiary/aromatic N) is 1. The third-order valence-corrected chi connectivity index (χ3v) is 0.889. The van der Waals surface area contributed by atoms with E-state index >= 15 is 0 Å². The molecule has 0 saturated carbocycles. The van der Waals surface area contributed by atoms with Crippen molar-refractivity contribution >= 4 is 0 Å². The summed E-state index contributed by atoms with van der Waals surface area (Å²) in [5.41, 5.74) is 1.89. The quantitative estimate of drug-likeness (QED) is 0.530. The molecule has 0 aromatic carbocycles. The summed E-state index contributed by atoms with van der Waals surface area (Å²) in [6.45, 7) is 1.96. The standard InChI is InChI=1S/C5H10N2O/c1-2-3-5(4-6)7-8/h5,7-8H,2-3H2,1H3. The van der Waals surface area contributed by atoms with E-state index in [1.165, 1.54) is 0 Å². The molecule has 3 nitrogen and oxygen atoms in total. The fraction of sp³-hybridized carbons (Fsp3) is 0.800. The Bertz CT molecular complexity index is 86.9. The third kappa shape index (κ3) is 2.56. The summed E-state index contributed by atoms with van der Waals surface area (Å²) in [6, 6.07) is 1.50. The number of nitrogens with one attached hydrogen (secondary N) is 1. The first-order chi connectivity index (χ1) is 3.85. The molecular weight excluding hydrogens is 104 g/mol. The molecule has 1 atom stereocenters. The lowest BCUT2D eigenvalue weighted by Gasteiger charge is -2.00. The molecule has 8 heavy (non-hydrogen) atoms. The van der Waals surface area contributed by atoms with E-state index in [-0.39, 0.29) is 6.04 Å². The Kier molecular flexibility index (Phi) is 4.23. The zero-order chi connectivity index (χ0) is 6.41. The predicted molar refractivity (Wildman–Crippen MR) is 29.2 cm³/mol. The summed E-state index contributed by atoms with van der Waals surface area (Å²) < 4.78 is 0. The van der Waals surface area contributed by atoms with Crippen LogP contribution in [0.4, 0.5) is 0 Å². The van der Waals surface area contributed by atoms with Gasteiger partial charge in [-0.05, 0) is 6.42 Å². The van der Waals surface area contributed by atoms with Crippen LogP contribution in [0.1, 0.15) is 19.8 Å². The number of nitriles is 1. The number of hydrogen-bond donors (Lipinski definition) is 2. The zero-order valence-electron chi connectivity index (χ0n) is 4.89. The fourth-order valence-corrected chi connectivity index (χ4v) is 0.447. The maximum atomic E-state index is 8.18. The van der Waals surface area contributed by atoms with E-state index in [0.29, 0.717) is 6.42 Å². The van der Waals surface area contributed by atoms with Gasteiger partial charge in [0.1, 0.15) is 6.04 Å². The average molecular weight is 114 g/mol. The first-order valence-electron chi connectivity index (χ1n) is 2.64. The summed E-state index contributed by atoms with van der Waals surface area (Å²) in [5.74, 6) is 0. The first-order valence-corrected chi connectivity index (χ1v) is 2.64. The van der Waals surface area contributed by atoms with Crippen molar-refractivity contribution in [2.75, 3.05) is 0 Å². The van der Waals surface area contributed by atoms with Gasteiger partial charge in [-0.15, -0.1) is 0 Å². The van der Waals surface area contributed by atoms with Crippen LogP contribution in [0, 0.1) is 11.3 Å². The normalized spacial score (nSPS) is 12.6. The Morgan fingerprint density at radius 1 is 1.88 bits per heavy atom. The molecule has 0 radical (unpaired) electrons. The van der Waals surface area contributed by atoms with Crippen molar-refractivity contribution in [1.29, 1.82) is 5.26 Å². The Morgan fingerprint density at radius 3 is 2.62 bits per heavy atom. The molecule has 0 fully saturated rings. The zero-order valence-corrected chi connectivity index (χ0v) is 4.89. The molecule has 3 heteroatoms. The highest BCUT2D eigenvalue weighted by Crippen LogP contribution is 1.91. The van der Waals surface area contributed by atoms with Crippen molar-refractivity contribution in [3.63, 3.8) is 0 Å². The molecular formula is C5H10N2O. The molecule has 0 amide bonds. The first kappa shape index (κ1) is 7.41. The Morgan fingerprint density at radius 2 is 2.50 bits per heavy atom. The van der Waals surface area contributed by atoms with Gasteiger partial charge in [0.2, 0.25) is 0 Å². The van der Waals surface area contributed by atoms with E-state index in [1.807, 2.05) is 18.5 Å². The van der Waals surface area contributed by atoms with E-state index in [2.05, 4.69) is 0 Å². The van der Waals surface area contributed by atoms with Gasteiger partial charge >= 0.3 is 0 Å². The van der Waals surface area contributed by atoms with Crippen LogP contribution in [0.3, 0.4) is 0 Å². The van der Waals surface area contributed by atoms with E-state index in [1.54, 1.807) is 0 Å². The molecule has 0 rings (SSSR count). The van der Waals surface area contributed by atoms with Crippen LogP contribution >= 0.6 is 0 Å². The predicted octanol–water partition coefficient (Wildman–Crippen LogP) is 0.657. The molecule has 0 bridgehead atoms. The molecule has 0 aliphatic heterocycles. The van der Waals surface area contributed by atoms with E-state index in [4.69, 9.17) is 10.5 Å². The van der Waals surface area contributed by atoms with Crippen molar-refractivity contribution in [2.24, 2.45) is 0 Å². The molecule has 0 spiro atoms. The monoisotopic (exact) mass is 114 g/mol. The molecule has 0 aromatic rings. The van der Waals surface area contributed by atoms with E-state index < -0.39 is 0 Å². The van der Waals surface area contributed by atoms with Gasteiger partial charge in [-0.3, -0.25) is 0 Å². The Hall–Kier alpha value is -0.590. The van der Waals surface area contributed by atoms with Gasteiger partial charge < -0.3 is 5.21 Å². The van der Waals surface area contributed by atoms with Gasteiger partial charge in [0.05, 0.1) is 6.07 Å². The molecule has 1 unspecified atom stereocenters. The van der Waals surface area contributed by atoms with Gasteiger partial charge in [-0.2, -0.15) is 10.7 Å². The van der Waals surface area contributed by atoms with Crippen molar-refractivity contribution in [3.8, 4) is 6.07 Å². The Balaban J connectivity index is 3.26. The minimum absolute atomic E-state index is 0.389. The van der Waals surface area contributed by atoms with Gasteiger partial charge in [-0.25, -0.2) is 0 Å². The SMILES string of the molecule is CCCC(C#N)NO. The van der Waals surface area contributed by atoms with Gasteiger partial charge in [0, 0.05) is 0 Å². The second kappa shape index (κ2) is 4.57. The molecule has 2 N–H and O–H groups in total. The van der Waals surface area contributed by atoms with Gasteiger partial charge in [0.25, 0.3) is 0 Å². The number of hydroxylamine groups is 1. The minimum atomic E-state index is -0.389. The highest BCUT2D eigenvalue weighted by Gasteiger charge is 1.99. The minimum Gasteiger partial charge on any atom is -0.316 e. The molecule has 0 heterocycles. The lowest BCUT2D eigenvalue weighted by Crippen LogP contribution is -2.22. The summed E-state index contributed by atoms with van der Waals surface area (Å²) in [4.78, 5) is 0. The van der Waals surface area contributed by atoms with Crippen LogP contribution in [0.15, 0.2) is 0 Å². The van der Waals surface area contributed by atoms with Crippen LogP contribution in [-0.2, 0) is 0 Å². The van der Waals surface area contributed by atoms with E-state index in [9.17, 15) is 0 Å². The van der Waals surface area contributed by atoms with Gasteiger partial charge in [0.15, 0.2) is 0 Å². The third-order valence-electron chi connectivity index (χ3n) is 0.889. The highest BCUT2D eigenvalue weighted by molar-refractivity contribution is 4.86. The van der Waals surface area contributed by atoms with Crippen LogP contribution in [0.2, 0.25) is 0 Å². The maximum Gasteiger partial charge on any atom is 0.118 e. The topological polar surface area (TPSA) is 56.0 Å². The summed E-state index contributed by atoms with van der Waals surface area (Å²) >= 11 is 0. The summed E-state index contributed by atoms with van der Waals surface area (Å²) in [7, 11) is 0. The lowest BCUT2D eigenvalue weighted by atomic mass is 10.2. The van der Waals surface area contributed by atoms with Crippen molar-refractivity contribution in [2.45, 2.75) is 25.8 Å². The second-order valence-corrected chi connectivity index (χ2v) is 1.60. The van der Waals surface area contributed by atoms with Crippen LogP contribution < -0.4 is 5.48 Å². The smallest absolute Gasteiger partial charge is 0.118 e. The van der Waals surface area contributed by atoms with Crippen molar-refractivity contribution < 1.29 is 5.21 Å². The van der Waals surface area contributed by atoms with Crippen molar-refractivity contribution in [3.05, 3.63) is 0 Å². The molecule has 46 valence electrons. The van der Waals surface area contributed by atoms with Crippen LogP contribution in [-0.4, -0.2) is 11.2 Å². The molecule has 0 aliphatic rings. The van der Waals surface area contributed by atoms with Crippen molar-refractivity contribution in [1.82, 2.24) is 5.48 Å².